The molecule has 0 aromatic carbocycles. The molecule has 0 aromatic heterocycles. The summed E-state index contributed by atoms with van der Waals surface area (Å²) in [4.78, 5) is 5.85. The van der Waals surface area contributed by atoms with E-state index in [0.717, 1.165) is 19.1 Å². The Morgan fingerprint density at radius 3 is 1.75 bits per heavy atom. The number of hydrogen-bond acceptors (Lipinski definition) is 1. The predicted molar refractivity (Wildman–Crippen MR) is 55.1 cm³/mol. The van der Waals surface area contributed by atoms with Gasteiger partial charge in [0, 0.05) is 28.2 Å². The fraction of sp³-hybridized carbons (Fsp3) is 0.800. The molecule has 0 amide bonds. The van der Waals surface area contributed by atoms with Crippen molar-refractivity contribution in [1.82, 2.24) is 10.2 Å². The van der Waals surface area contributed by atoms with E-state index >= 15 is 0 Å². The Morgan fingerprint density at radius 1 is 1.42 bits per heavy atom. The van der Waals surface area contributed by atoms with Crippen LogP contribution in [-0.4, -0.2) is 39.1 Å². The third-order valence-corrected chi connectivity index (χ3v) is 0.859. The normalized spacial score (nSPS) is 9.33. The Bertz CT molecular complexity index is 110. The fourth-order valence-corrected chi connectivity index (χ4v) is 0.535. The molecule has 0 aliphatic rings. The summed E-state index contributed by atoms with van der Waals surface area (Å²) >= 11 is 0.757. The Morgan fingerprint density at radius 2 is 1.75 bits per heavy atom. The van der Waals surface area contributed by atoms with Crippen LogP contribution in [0.1, 0.15) is 0 Å². The maximum absolute atomic E-state index is 4.67. The van der Waals surface area contributed by atoms with Crippen molar-refractivity contribution < 1.29 is 13.1 Å². The van der Waals surface area contributed by atoms with Crippen molar-refractivity contribution in [3.05, 3.63) is 0 Å². The number of guanidine groups is 1. The third-order valence-electron chi connectivity index (χ3n) is 0.859. The molecule has 0 saturated carbocycles. The molecule has 3 nitrogen and oxygen atoms in total. The molecule has 1 N–H and O–H groups in total. The van der Waals surface area contributed by atoms with Crippen LogP contribution < -0.4 is 5.32 Å². The van der Waals surface area contributed by atoms with Gasteiger partial charge in [0.1, 0.15) is 0 Å². The molecule has 0 aromatic rings. The van der Waals surface area contributed by atoms with Gasteiger partial charge >= 0.3 is 33.3 Å². The van der Waals surface area contributed by atoms with Crippen LogP contribution >= 0.6 is 32.6 Å². The Labute approximate surface area is 94.9 Å². The molecule has 0 bridgehead atoms. The summed E-state index contributed by atoms with van der Waals surface area (Å²) in [5.74, 6) is 0.894. The summed E-state index contributed by atoms with van der Waals surface area (Å²) in [6, 6.07) is 0. The Hall–Kier alpha value is 0.659. The van der Waals surface area contributed by atoms with Gasteiger partial charge in [0.05, 0.1) is 0 Å². The first-order valence-corrected chi connectivity index (χ1v) is 5.36. The van der Waals surface area contributed by atoms with Crippen LogP contribution in [0.15, 0.2) is 4.99 Å². The molecule has 0 rings (SSSR count). The summed E-state index contributed by atoms with van der Waals surface area (Å²) in [6.07, 6.45) is 0. The number of aliphatic imine (C=N–C) groups is 1. The van der Waals surface area contributed by atoms with Gasteiger partial charge in [0.25, 0.3) is 0 Å². The van der Waals surface area contributed by atoms with E-state index < -0.39 is 0 Å². The summed E-state index contributed by atoms with van der Waals surface area (Å²) < 4.78 is 0. The topological polar surface area (TPSA) is 27.6 Å². The molecule has 0 spiro atoms. The molecular weight excluding hydrogens is 272 g/mol. The first-order valence-electron chi connectivity index (χ1n) is 2.77. The summed E-state index contributed by atoms with van der Waals surface area (Å²) in [7, 11) is 16.8. The van der Waals surface area contributed by atoms with Crippen LogP contribution in [0.25, 0.3) is 0 Å². The van der Waals surface area contributed by atoms with E-state index in [4.69, 9.17) is 0 Å². The van der Waals surface area contributed by atoms with E-state index in [2.05, 4.69) is 30.5 Å². The van der Waals surface area contributed by atoms with E-state index in [0.29, 0.717) is 0 Å². The minimum absolute atomic E-state index is 0. The summed E-state index contributed by atoms with van der Waals surface area (Å²) in [5, 5.41) is 2.93. The first kappa shape index (κ1) is 18.4. The number of rotatable bonds is 0. The van der Waals surface area contributed by atoms with Gasteiger partial charge < -0.3 is 10.2 Å². The third kappa shape index (κ3) is 13.3. The minimum atomic E-state index is 0. The average Bonchev–Trinajstić information content (AvgIpc) is 1.91. The molecule has 0 radical (unpaired) electrons. The van der Waals surface area contributed by atoms with E-state index in [1.807, 2.05) is 26.0 Å². The predicted octanol–water partition coefficient (Wildman–Crippen LogP) is 1.55. The quantitative estimate of drug-likeness (QED) is 0.416. The Balaban J connectivity index is -0.000000177. The van der Waals surface area contributed by atoms with Crippen LogP contribution in [0.5, 0.6) is 0 Å². The molecule has 0 atom stereocenters. The van der Waals surface area contributed by atoms with E-state index in [9.17, 15) is 0 Å². The fourth-order valence-electron chi connectivity index (χ4n) is 0.535. The van der Waals surface area contributed by atoms with Gasteiger partial charge in [-0.05, 0) is 0 Å². The van der Waals surface area contributed by atoms with Gasteiger partial charge in [-0.3, -0.25) is 4.99 Å². The first-order chi connectivity index (χ1) is 5.13. The molecule has 0 aliphatic heterocycles. The van der Waals surface area contributed by atoms with Crippen molar-refractivity contribution in [3.8, 4) is 0 Å². The van der Waals surface area contributed by atoms with Crippen molar-refractivity contribution in [1.29, 1.82) is 0 Å². The van der Waals surface area contributed by atoms with E-state index in [-0.39, 0.29) is 12.4 Å². The number of nitrogens with one attached hydrogen (secondary N) is 1. The summed E-state index contributed by atoms with van der Waals surface area (Å²) in [6.45, 7) is 0. The molecule has 0 unspecified atom stereocenters. The average molecular weight is 286 g/mol. The second kappa shape index (κ2) is 14.2. The monoisotopic (exact) mass is 284 g/mol. The van der Waals surface area contributed by atoms with Crippen LogP contribution in [0, 0.1) is 0 Å². The molecule has 0 fully saturated rings. The van der Waals surface area contributed by atoms with Crippen LogP contribution in [-0.2, 0) is 13.1 Å². The van der Waals surface area contributed by atoms with E-state index in [1.54, 1.807) is 7.05 Å². The van der Waals surface area contributed by atoms with Crippen molar-refractivity contribution in [2.45, 2.75) is 0 Å². The number of halogens is 3. The van der Waals surface area contributed by atoms with Crippen LogP contribution in [0.3, 0.4) is 0 Å². The standard InChI is InChI=1S/C5H13N3.3ClH.Cu/c1-6-5(7-2)8(3)4;;;;/h1-4H3,(H,6,7);3*1H;/q;;;;+2/p-2. The Kier molecular flexibility index (Phi) is 21.8. The number of nitrogens with zero attached hydrogens (tertiary/aromatic N) is 2. The number of hydrogen-bond donors (Lipinski definition) is 1. The van der Waals surface area contributed by atoms with Gasteiger partial charge in [-0.25, -0.2) is 0 Å². The van der Waals surface area contributed by atoms with Crippen molar-refractivity contribution in [2.24, 2.45) is 4.99 Å². The van der Waals surface area contributed by atoms with Gasteiger partial charge in [-0.2, -0.15) is 0 Å². The molecule has 0 heterocycles. The second-order valence-corrected chi connectivity index (χ2v) is 3.29. The van der Waals surface area contributed by atoms with Gasteiger partial charge in [-0.15, -0.1) is 12.4 Å². The van der Waals surface area contributed by atoms with Gasteiger partial charge in [-0.1, -0.05) is 0 Å². The molecule has 81 valence electrons. The zero-order valence-corrected chi connectivity index (χ0v) is 10.6. The van der Waals surface area contributed by atoms with Crippen LogP contribution in [0.2, 0.25) is 0 Å². The molecule has 12 heavy (non-hydrogen) atoms. The SMILES string of the molecule is CN=C(NC)N(C)C.Cl.[Cl][Cu][Cl]. The molecule has 0 aliphatic carbocycles. The van der Waals surface area contributed by atoms with Gasteiger partial charge in [0.2, 0.25) is 0 Å². The van der Waals surface area contributed by atoms with Crippen LogP contribution in [0.4, 0.5) is 0 Å². The maximum atomic E-state index is 4.67. The molecule has 7 heteroatoms. The zero-order chi connectivity index (χ0) is 9.28. The summed E-state index contributed by atoms with van der Waals surface area (Å²) in [5.41, 5.74) is 0. The van der Waals surface area contributed by atoms with E-state index in [1.165, 1.54) is 0 Å². The second-order valence-electron chi connectivity index (χ2n) is 1.73. The van der Waals surface area contributed by atoms with Crippen molar-refractivity contribution in [3.63, 3.8) is 0 Å². The van der Waals surface area contributed by atoms with Crippen molar-refractivity contribution in [2.75, 3.05) is 28.2 Å². The molecule has 0 saturated heterocycles. The molecular formula is C5H14Cl3CuN3. The zero-order valence-electron chi connectivity index (χ0n) is 7.36. The van der Waals surface area contributed by atoms with Gasteiger partial charge in [0.15, 0.2) is 5.96 Å². The van der Waals surface area contributed by atoms with Crippen molar-refractivity contribution >= 4 is 38.6 Å².